The van der Waals surface area contributed by atoms with E-state index in [1.54, 1.807) is 6.08 Å². The number of aliphatic hydroxyl groups excluding tert-OH is 2. The van der Waals surface area contributed by atoms with Crippen LogP contribution in [0.5, 0.6) is 0 Å². The van der Waals surface area contributed by atoms with Gasteiger partial charge in [0, 0.05) is 12.8 Å². The first-order valence-corrected chi connectivity index (χ1v) is 36.1. The smallest absolute Gasteiger partial charge is 0.305 e. The summed E-state index contributed by atoms with van der Waals surface area (Å²) >= 11 is 0. The minimum Gasteiger partial charge on any atom is -0.466 e. The van der Waals surface area contributed by atoms with Gasteiger partial charge in [0.25, 0.3) is 0 Å². The van der Waals surface area contributed by atoms with Crippen molar-refractivity contribution in [3.05, 3.63) is 24.3 Å². The predicted octanol–water partition coefficient (Wildman–Crippen LogP) is 23.3. The minimum absolute atomic E-state index is 0.0124. The number of hydrogen-bond acceptors (Lipinski definition) is 5. The molecular weight excluding hydrogens is 971 g/mol. The first-order chi connectivity index (χ1) is 39.0. The second kappa shape index (κ2) is 68.8. The van der Waals surface area contributed by atoms with Gasteiger partial charge in [0.15, 0.2) is 0 Å². The summed E-state index contributed by atoms with van der Waals surface area (Å²) in [6.07, 6.45) is 87.0. The van der Waals surface area contributed by atoms with Gasteiger partial charge in [-0.25, -0.2) is 0 Å². The van der Waals surface area contributed by atoms with Gasteiger partial charge in [0.05, 0.1) is 25.4 Å². The van der Waals surface area contributed by atoms with E-state index in [1.807, 2.05) is 6.08 Å². The summed E-state index contributed by atoms with van der Waals surface area (Å²) in [4.78, 5) is 24.6. The fourth-order valence-electron chi connectivity index (χ4n) is 11.5. The molecule has 0 fully saturated rings. The number of carbonyl (C=O) groups is 2. The Labute approximate surface area is 494 Å². The van der Waals surface area contributed by atoms with Crippen molar-refractivity contribution in [2.45, 2.75) is 418 Å². The topological polar surface area (TPSA) is 95.9 Å². The van der Waals surface area contributed by atoms with Gasteiger partial charge in [0.1, 0.15) is 0 Å². The highest BCUT2D eigenvalue weighted by molar-refractivity contribution is 5.76. The molecule has 0 spiro atoms. The Morgan fingerprint density at radius 1 is 0.342 bits per heavy atom. The molecule has 2 atom stereocenters. The number of esters is 1. The fourth-order valence-corrected chi connectivity index (χ4v) is 11.5. The van der Waals surface area contributed by atoms with Crippen LogP contribution in [0.3, 0.4) is 0 Å². The van der Waals surface area contributed by atoms with E-state index in [4.69, 9.17) is 4.74 Å². The van der Waals surface area contributed by atoms with Gasteiger partial charge >= 0.3 is 5.97 Å². The van der Waals surface area contributed by atoms with Crippen molar-refractivity contribution in [2.24, 2.45) is 0 Å². The lowest BCUT2D eigenvalue weighted by Gasteiger charge is -2.20. The Kier molecular flexibility index (Phi) is 67.4. The van der Waals surface area contributed by atoms with E-state index < -0.39 is 12.1 Å². The SMILES string of the molecule is CCCCCCC/C=C\CCCCCCCC(=O)OCCCCCCCCCCCCCCCCCCCCCCCCCCCCCCCCCC(=O)NC(CO)C(O)/C=C/CCCCCCCCCCCCCCCCC. The summed E-state index contributed by atoms with van der Waals surface area (Å²) in [5.74, 6) is -0.0480. The first-order valence-electron chi connectivity index (χ1n) is 36.1. The molecule has 6 heteroatoms. The van der Waals surface area contributed by atoms with E-state index in [0.29, 0.717) is 19.4 Å². The monoisotopic (exact) mass is 1110 g/mol. The lowest BCUT2D eigenvalue weighted by molar-refractivity contribution is -0.143. The molecule has 0 radical (unpaired) electrons. The Morgan fingerprint density at radius 2 is 0.595 bits per heavy atom. The van der Waals surface area contributed by atoms with Crippen molar-refractivity contribution >= 4 is 11.9 Å². The van der Waals surface area contributed by atoms with Gasteiger partial charge in [-0.2, -0.15) is 0 Å². The normalized spacial score (nSPS) is 12.6. The molecule has 0 aromatic carbocycles. The van der Waals surface area contributed by atoms with E-state index in [1.165, 1.54) is 334 Å². The molecular formula is C73H141NO5. The summed E-state index contributed by atoms with van der Waals surface area (Å²) in [5, 5.41) is 23.2. The average molecular weight is 1110 g/mol. The lowest BCUT2D eigenvalue weighted by atomic mass is 10.0. The van der Waals surface area contributed by atoms with Crippen molar-refractivity contribution in [3.8, 4) is 0 Å². The molecule has 6 nitrogen and oxygen atoms in total. The van der Waals surface area contributed by atoms with Crippen LogP contribution in [0.4, 0.5) is 0 Å². The van der Waals surface area contributed by atoms with E-state index in [0.717, 1.165) is 44.9 Å². The number of ether oxygens (including phenoxy) is 1. The van der Waals surface area contributed by atoms with Crippen LogP contribution in [0.1, 0.15) is 406 Å². The predicted molar refractivity (Wildman–Crippen MR) is 347 cm³/mol. The molecule has 2 unspecified atom stereocenters. The van der Waals surface area contributed by atoms with Gasteiger partial charge in [-0.05, 0) is 57.8 Å². The number of unbranched alkanes of at least 4 members (excludes halogenated alkanes) is 55. The Balaban J connectivity index is 3.34. The second-order valence-corrected chi connectivity index (χ2v) is 24.9. The van der Waals surface area contributed by atoms with Gasteiger partial charge in [0.2, 0.25) is 5.91 Å². The molecule has 0 aliphatic heterocycles. The van der Waals surface area contributed by atoms with Crippen LogP contribution in [-0.4, -0.2) is 47.4 Å². The highest BCUT2D eigenvalue weighted by Gasteiger charge is 2.18. The van der Waals surface area contributed by atoms with Crippen LogP contribution < -0.4 is 5.32 Å². The van der Waals surface area contributed by atoms with Gasteiger partial charge < -0.3 is 20.3 Å². The van der Waals surface area contributed by atoms with E-state index in [9.17, 15) is 19.8 Å². The number of nitrogens with one attached hydrogen (secondary N) is 1. The third-order valence-electron chi connectivity index (χ3n) is 17.0. The molecule has 468 valence electrons. The quantitative estimate of drug-likeness (QED) is 0.0320. The van der Waals surface area contributed by atoms with Crippen LogP contribution in [0.2, 0.25) is 0 Å². The van der Waals surface area contributed by atoms with Crippen molar-refractivity contribution in [1.29, 1.82) is 0 Å². The third kappa shape index (κ3) is 65.4. The van der Waals surface area contributed by atoms with Crippen LogP contribution >= 0.6 is 0 Å². The Bertz CT molecular complexity index is 1230. The summed E-state index contributed by atoms with van der Waals surface area (Å²) in [7, 11) is 0. The summed E-state index contributed by atoms with van der Waals surface area (Å²) in [6, 6.07) is -0.624. The molecule has 0 bridgehead atoms. The largest absolute Gasteiger partial charge is 0.466 e. The molecule has 3 N–H and O–H groups in total. The van der Waals surface area contributed by atoms with E-state index in [-0.39, 0.29) is 18.5 Å². The molecule has 0 aliphatic rings. The van der Waals surface area contributed by atoms with Gasteiger partial charge in [-0.15, -0.1) is 0 Å². The van der Waals surface area contributed by atoms with Crippen LogP contribution in [0.25, 0.3) is 0 Å². The minimum atomic E-state index is -0.841. The molecule has 0 saturated heterocycles. The molecule has 1 amide bonds. The maximum absolute atomic E-state index is 12.5. The zero-order chi connectivity index (χ0) is 57.1. The fraction of sp³-hybridized carbons (Fsp3) is 0.918. The van der Waals surface area contributed by atoms with Gasteiger partial charge in [-0.1, -0.05) is 359 Å². The Hall–Kier alpha value is -1.66. The number of allylic oxidation sites excluding steroid dienone is 3. The van der Waals surface area contributed by atoms with Crippen LogP contribution in [-0.2, 0) is 14.3 Å². The van der Waals surface area contributed by atoms with Crippen LogP contribution in [0.15, 0.2) is 24.3 Å². The molecule has 79 heavy (non-hydrogen) atoms. The van der Waals surface area contributed by atoms with E-state index in [2.05, 4.69) is 31.3 Å². The van der Waals surface area contributed by atoms with E-state index >= 15 is 0 Å². The van der Waals surface area contributed by atoms with Crippen molar-refractivity contribution in [2.75, 3.05) is 13.2 Å². The lowest BCUT2D eigenvalue weighted by Crippen LogP contribution is -2.45. The first kappa shape index (κ1) is 77.3. The third-order valence-corrected chi connectivity index (χ3v) is 17.0. The summed E-state index contributed by atoms with van der Waals surface area (Å²) in [6.45, 7) is 4.93. The van der Waals surface area contributed by atoms with Crippen molar-refractivity contribution in [1.82, 2.24) is 5.32 Å². The maximum Gasteiger partial charge on any atom is 0.305 e. The highest BCUT2D eigenvalue weighted by Crippen LogP contribution is 2.19. The number of rotatable bonds is 68. The molecule has 0 rings (SSSR count). The number of hydrogen-bond donors (Lipinski definition) is 3. The molecule has 0 aromatic heterocycles. The Morgan fingerprint density at radius 3 is 0.899 bits per heavy atom. The maximum atomic E-state index is 12.5. The summed E-state index contributed by atoms with van der Waals surface area (Å²) < 4.78 is 5.49. The van der Waals surface area contributed by atoms with Crippen molar-refractivity contribution < 1.29 is 24.5 Å². The number of amides is 1. The molecule has 0 aromatic rings. The highest BCUT2D eigenvalue weighted by atomic mass is 16.5. The van der Waals surface area contributed by atoms with Crippen molar-refractivity contribution in [3.63, 3.8) is 0 Å². The number of aliphatic hydroxyl groups is 2. The molecule has 0 aliphatic carbocycles. The molecule has 0 saturated carbocycles. The second-order valence-electron chi connectivity index (χ2n) is 24.9. The molecule has 0 heterocycles. The standard InChI is InChI=1S/C73H141NO5/c1-3-5-7-9-11-13-15-17-19-35-38-41-45-49-53-57-61-65-71(76)70(69-75)74-72(77)66-62-58-54-50-46-42-39-36-33-31-29-27-25-23-21-20-22-24-26-28-30-32-34-37-40-44-48-52-56-60-64-68-79-73(78)67-63-59-55-51-47-43-18-16-14-12-10-8-6-4-2/h16,18,61,65,70-71,75-76H,3-15,17,19-60,62-64,66-69H2,1-2H3,(H,74,77)/b18-16-,65-61+. The number of carbonyl (C=O) groups excluding carboxylic acids is 2. The zero-order valence-corrected chi connectivity index (χ0v) is 53.6. The van der Waals surface area contributed by atoms with Crippen LogP contribution in [0, 0.1) is 0 Å². The summed E-state index contributed by atoms with van der Waals surface area (Å²) in [5.41, 5.74) is 0. The zero-order valence-electron chi connectivity index (χ0n) is 53.6. The van der Waals surface area contributed by atoms with Gasteiger partial charge in [-0.3, -0.25) is 9.59 Å². The average Bonchev–Trinajstić information content (AvgIpc) is 3.45.